The molecule has 0 bridgehead atoms. The molecule has 2 aromatic rings. The van der Waals surface area contributed by atoms with Gasteiger partial charge in [0, 0.05) is 12.9 Å². The molecule has 0 aliphatic heterocycles. The summed E-state index contributed by atoms with van der Waals surface area (Å²) in [6.45, 7) is 3.20. The SMILES string of the molecule is CCCNC(c1ccc(Br)s1)c1cc(I)ccc1Br. The lowest BCUT2D eigenvalue weighted by molar-refractivity contribution is 0.604. The van der Waals surface area contributed by atoms with Crippen LogP contribution < -0.4 is 5.32 Å². The fourth-order valence-corrected chi connectivity index (χ4v) is 4.38. The van der Waals surface area contributed by atoms with E-state index in [0.29, 0.717) is 0 Å². The van der Waals surface area contributed by atoms with Gasteiger partial charge < -0.3 is 5.32 Å². The lowest BCUT2D eigenvalue weighted by atomic mass is 10.1. The van der Waals surface area contributed by atoms with Crippen molar-refractivity contribution in [3.05, 3.63) is 52.6 Å². The highest BCUT2D eigenvalue weighted by Gasteiger charge is 2.18. The zero-order chi connectivity index (χ0) is 13.8. The molecule has 0 fully saturated rings. The van der Waals surface area contributed by atoms with Gasteiger partial charge in [-0.25, -0.2) is 0 Å². The quantitative estimate of drug-likeness (QED) is 0.485. The smallest absolute Gasteiger partial charge is 0.0702 e. The van der Waals surface area contributed by atoms with Gasteiger partial charge in [-0.15, -0.1) is 11.3 Å². The summed E-state index contributed by atoms with van der Waals surface area (Å²) in [6, 6.07) is 11.0. The maximum Gasteiger partial charge on any atom is 0.0702 e. The molecule has 5 heteroatoms. The minimum atomic E-state index is 0.250. The van der Waals surface area contributed by atoms with Crippen LogP contribution in [0, 0.1) is 3.57 Å². The Morgan fingerprint density at radius 1 is 1.26 bits per heavy atom. The van der Waals surface area contributed by atoms with Gasteiger partial charge in [-0.05, 0) is 87.4 Å². The maximum atomic E-state index is 3.68. The number of halogens is 3. The average Bonchev–Trinajstić information content (AvgIpc) is 2.80. The Labute approximate surface area is 148 Å². The molecule has 2 rings (SSSR count). The van der Waals surface area contributed by atoms with E-state index in [-0.39, 0.29) is 6.04 Å². The third kappa shape index (κ3) is 4.27. The largest absolute Gasteiger partial charge is 0.306 e. The Morgan fingerprint density at radius 2 is 2.05 bits per heavy atom. The van der Waals surface area contributed by atoms with Crippen molar-refractivity contribution in [1.82, 2.24) is 5.32 Å². The zero-order valence-electron chi connectivity index (χ0n) is 10.4. The number of hydrogen-bond donors (Lipinski definition) is 1. The van der Waals surface area contributed by atoms with E-state index in [1.165, 1.54) is 17.8 Å². The molecule has 0 amide bonds. The van der Waals surface area contributed by atoms with Gasteiger partial charge in [0.15, 0.2) is 0 Å². The first-order valence-corrected chi connectivity index (χ1v) is 9.53. The van der Waals surface area contributed by atoms with Crippen molar-refractivity contribution in [1.29, 1.82) is 0 Å². The van der Waals surface area contributed by atoms with Crippen LogP contribution in [0.5, 0.6) is 0 Å². The van der Waals surface area contributed by atoms with E-state index in [1.54, 1.807) is 11.3 Å². The van der Waals surface area contributed by atoms with Crippen LogP contribution in [0.25, 0.3) is 0 Å². The summed E-state index contributed by atoms with van der Waals surface area (Å²) in [4.78, 5) is 1.34. The van der Waals surface area contributed by atoms with Crippen LogP contribution in [0.1, 0.15) is 29.8 Å². The third-order valence-corrected chi connectivity index (χ3v) is 5.83. The molecule has 0 saturated carbocycles. The molecule has 0 spiro atoms. The first-order chi connectivity index (χ1) is 9.11. The first-order valence-electron chi connectivity index (χ1n) is 6.05. The maximum absolute atomic E-state index is 3.68. The lowest BCUT2D eigenvalue weighted by Crippen LogP contribution is -2.22. The van der Waals surface area contributed by atoms with Crippen LogP contribution >= 0.6 is 65.8 Å². The number of thiophene rings is 1. The van der Waals surface area contributed by atoms with E-state index in [4.69, 9.17) is 0 Å². The molecular weight excluding hydrogens is 501 g/mol. The molecular formula is C14H14Br2INS. The Hall–Kier alpha value is 0.570. The molecule has 0 aliphatic carbocycles. The Balaban J connectivity index is 2.39. The molecule has 1 aromatic carbocycles. The summed E-state index contributed by atoms with van der Waals surface area (Å²) >= 11 is 11.4. The second kappa shape index (κ2) is 7.54. The topological polar surface area (TPSA) is 12.0 Å². The van der Waals surface area contributed by atoms with Crippen LogP contribution in [0.4, 0.5) is 0 Å². The normalized spacial score (nSPS) is 12.6. The van der Waals surface area contributed by atoms with E-state index in [0.717, 1.165) is 17.4 Å². The minimum absolute atomic E-state index is 0.250. The summed E-state index contributed by atoms with van der Waals surface area (Å²) < 4.78 is 3.59. The minimum Gasteiger partial charge on any atom is -0.306 e. The highest BCUT2D eigenvalue weighted by atomic mass is 127. The van der Waals surface area contributed by atoms with E-state index in [2.05, 4.69) is 97.0 Å². The second-order valence-corrected chi connectivity index (χ2v) is 8.79. The van der Waals surface area contributed by atoms with Crippen molar-refractivity contribution in [2.24, 2.45) is 0 Å². The molecule has 102 valence electrons. The van der Waals surface area contributed by atoms with Gasteiger partial charge in [0.2, 0.25) is 0 Å². The van der Waals surface area contributed by atoms with Crippen molar-refractivity contribution in [3.8, 4) is 0 Å². The zero-order valence-corrected chi connectivity index (χ0v) is 16.6. The van der Waals surface area contributed by atoms with Crippen molar-refractivity contribution < 1.29 is 0 Å². The molecule has 1 heterocycles. The Kier molecular flexibility index (Phi) is 6.33. The van der Waals surface area contributed by atoms with Crippen molar-refractivity contribution in [2.45, 2.75) is 19.4 Å². The van der Waals surface area contributed by atoms with Crippen molar-refractivity contribution in [2.75, 3.05) is 6.54 Å². The summed E-state index contributed by atoms with van der Waals surface area (Å²) in [7, 11) is 0. The first kappa shape index (κ1) is 15.9. The van der Waals surface area contributed by atoms with Crippen LogP contribution in [-0.4, -0.2) is 6.54 Å². The van der Waals surface area contributed by atoms with Gasteiger partial charge in [0.1, 0.15) is 0 Å². The Bertz CT molecular complexity index is 556. The van der Waals surface area contributed by atoms with Gasteiger partial charge in [-0.3, -0.25) is 0 Å². The predicted octanol–water partition coefficient (Wildman–Crippen LogP) is 5.97. The van der Waals surface area contributed by atoms with Crippen molar-refractivity contribution in [3.63, 3.8) is 0 Å². The number of nitrogens with one attached hydrogen (secondary N) is 1. The number of rotatable bonds is 5. The highest BCUT2D eigenvalue weighted by Crippen LogP contribution is 2.35. The summed E-state index contributed by atoms with van der Waals surface area (Å²) in [5.74, 6) is 0. The fourth-order valence-electron chi connectivity index (χ4n) is 1.87. The van der Waals surface area contributed by atoms with Gasteiger partial charge in [-0.2, -0.15) is 0 Å². The van der Waals surface area contributed by atoms with E-state index in [9.17, 15) is 0 Å². The molecule has 1 aromatic heterocycles. The van der Waals surface area contributed by atoms with Gasteiger partial charge in [0.05, 0.1) is 9.83 Å². The molecule has 1 unspecified atom stereocenters. The van der Waals surface area contributed by atoms with Crippen LogP contribution in [0.2, 0.25) is 0 Å². The molecule has 1 nitrogen and oxygen atoms in total. The molecule has 0 aliphatic rings. The molecule has 0 radical (unpaired) electrons. The second-order valence-electron chi connectivity index (χ2n) is 4.19. The standard InChI is InChI=1S/C14H14Br2INS/c1-2-7-18-14(12-5-6-13(16)19-12)10-8-9(17)3-4-11(10)15/h3-6,8,14,18H,2,7H2,1H3. The monoisotopic (exact) mass is 513 g/mol. The van der Waals surface area contributed by atoms with Gasteiger partial charge >= 0.3 is 0 Å². The van der Waals surface area contributed by atoms with Crippen molar-refractivity contribution >= 4 is 65.8 Å². The van der Waals surface area contributed by atoms with Crippen LogP contribution in [0.15, 0.2) is 38.6 Å². The lowest BCUT2D eigenvalue weighted by Gasteiger charge is -2.19. The number of benzene rings is 1. The molecule has 0 saturated heterocycles. The summed E-state index contributed by atoms with van der Waals surface area (Å²) in [5, 5.41) is 3.64. The number of hydrogen-bond acceptors (Lipinski definition) is 2. The fraction of sp³-hybridized carbons (Fsp3) is 0.286. The summed E-state index contributed by atoms with van der Waals surface area (Å²) in [6.07, 6.45) is 1.13. The van der Waals surface area contributed by atoms with Crippen LogP contribution in [0.3, 0.4) is 0 Å². The van der Waals surface area contributed by atoms with Crippen LogP contribution in [-0.2, 0) is 0 Å². The van der Waals surface area contributed by atoms with E-state index >= 15 is 0 Å². The average molecular weight is 515 g/mol. The van der Waals surface area contributed by atoms with E-state index < -0.39 is 0 Å². The predicted molar refractivity (Wildman–Crippen MR) is 99.0 cm³/mol. The summed E-state index contributed by atoms with van der Waals surface area (Å²) in [5.41, 5.74) is 1.30. The molecule has 1 N–H and O–H groups in total. The molecule has 19 heavy (non-hydrogen) atoms. The Morgan fingerprint density at radius 3 is 2.68 bits per heavy atom. The van der Waals surface area contributed by atoms with Gasteiger partial charge in [-0.1, -0.05) is 22.9 Å². The van der Waals surface area contributed by atoms with Gasteiger partial charge in [0.25, 0.3) is 0 Å². The van der Waals surface area contributed by atoms with E-state index in [1.807, 2.05) is 0 Å². The molecule has 1 atom stereocenters. The third-order valence-electron chi connectivity index (χ3n) is 2.75. The highest BCUT2D eigenvalue weighted by molar-refractivity contribution is 14.1.